The largest absolute Gasteiger partial charge is 0.291 e. The predicted molar refractivity (Wildman–Crippen MR) is 34.3 cm³/mol. The van der Waals surface area contributed by atoms with Gasteiger partial charge in [-0.15, -0.1) is 0 Å². The highest BCUT2D eigenvalue weighted by molar-refractivity contribution is 5.24. The minimum atomic E-state index is 0.660. The third-order valence-electron chi connectivity index (χ3n) is 0.780. The Kier molecular flexibility index (Phi) is 1.71. The highest BCUT2D eigenvalue weighted by Gasteiger charge is 1.73. The summed E-state index contributed by atoms with van der Waals surface area (Å²) in [5.41, 5.74) is 0.660. The summed E-state index contributed by atoms with van der Waals surface area (Å²) in [5, 5.41) is 0. The molecule has 0 spiro atoms. The molecule has 1 aromatic rings. The minimum absolute atomic E-state index is 0.660. The van der Waals surface area contributed by atoms with E-state index >= 15 is 0 Å². The Balaban J connectivity index is 2.94. The quantitative estimate of drug-likeness (QED) is 0.368. The maximum absolute atomic E-state index is 3.89. The smallest absolute Gasteiger partial charge is 0.0451 e. The summed E-state index contributed by atoms with van der Waals surface area (Å²) in [6, 6.07) is 0. The fourth-order valence-electron chi connectivity index (χ4n) is 0.454. The lowest BCUT2D eigenvalue weighted by Gasteiger charge is -1.89. The maximum Gasteiger partial charge on any atom is 0.0451 e. The lowest BCUT2D eigenvalue weighted by atomic mass is 10.4. The number of hydrogen-bond donors (Lipinski definition) is 0. The van der Waals surface area contributed by atoms with Gasteiger partial charge in [0, 0.05) is 24.3 Å². The van der Waals surface area contributed by atoms with Crippen molar-refractivity contribution in [2.75, 3.05) is 0 Å². The van der Waals surface area contributed by atoms with Gasteiger partial charge in [-0.1, -0.05) is 0 Å². The molecule has 0 bridgehead atoms. The molecule has 0 aliphatic heterocycles. The highest BCUT2D eigenvalue weighted by Crippen LogP contribution is 1.83. The van der Waals surface area contributed by atoms with E-state index in [1.165, 1.54) is 0 Å². The molecule has 0 amide bonds. The van der Waals surface area contributed by atoms with E-state index in [4.69, 9.17) is 0 Å². The highest BCUT2D eigenvalue weighted by atomic mass is 14.7. The van der Waals surface area contributed by atoms with Crippen LogP contribution in [0.15, 0.2) is 18.6 Å². The summed E-state index contributed by atoms with van der Waals surface area (Å²) in [7, 11) is 0. The van der Waals surface area contributed by atoms with Crippen LogP contribution in [-0.2, 0) is 0 Å². The first-order valence-corrected chi connectivity index (χ1v) is 2.47. The maximum atomic E-state index is 3.89. The minimum Gasteiger partial charge on any atom is -0.291 e. The van der Waals surface area contributed by atoms with E-state index in [0.29, 0.717) is 5.69 Å². The topological polar surface area (TPSA) is 25.8 Å². The molecule has 2 heteroatoms. The van der Waals surface area contributed by atoms with Gasteiger partial charge in [-0.05, 0) is 0 Å². The molecule has 1 aromatic heterocycles. The Morgan fingerprint density at radius 3 is 2.89 bits per heavy atom. The molecule has 0 unspecified atom stereocenters. The molecule has 1 heterocycles. The van der Waals surface area contributed by atoms with Gasteiger partial charge in [0.15, 0.2) is 0 Å². The van der Waals surface area contributed by atoms with Gasteiger partial charge < -0.3 is 0 Å². The van der Waals surface area contributed by atoms with Gasteiger partial charge in [0.25, 0.3) is 0 Å². The Morgan fingerprint density at radius 1 is 1.44 bits per heavy atom. The van der Waals surface area contributed by atoms with Crippen LogP contribution in [0.3, 0.4) is 0 Å². The predicted octanol–water partition coefficient (Wildman–Crippen LogP) is 0.662. The third kappa shape index (κ3) is 1.46. The standard InChI is InChI=1S/C7H5N2/c1-2-3-7-6-8-4-5-9-7/h4-6H,1H2/q-1. The van der Waals surface area contributed by atoms with Crippen LogP contribution in [0, 0.1) is 18.8 Å². The number of nitrogens with zero attached hydrogens (tertiary/aromatic N) is 2. The number of hydrogen-bond acceptors (Lipinski definition) is 2. The monoisotopic (exact) mass is 117 g/mol. The molecule has 0 aliphatic carbocycles. The zero-order valence-corrected chi connectivity index (χ0v) is 4.83. The molecule has 0 atom stereocenters. The summed E-state index contributed by atoms with van der Waals surface area (Å²) in [6.45, 7) is 3.35. The Bertz CT molecular complexity index is 230. The van der Waals surface area contributed by atoms with Gasteiger partial charge in [-0.3, -0.25) is 21.8 Å². The SMILES string of the molecule is [CH2-]C#Cc1cnccn1. The Labute approximate surface area is 54.0 Å². The molecule has 0 aromatic carbocycles. The van der Waals surface area contributed by atoms with Crippen molar-refractivity contribution in [3.05, 3.63) is 31.2 Å². The summed E-state index contributed by atoms with van der Waals surface area (Å²) < 4.78 is 0. The lowest BCUT2D eigenvalue weighted by molar-refractivity contribution is 1.17. The van der Waals surface area contributed by atoms with Gasteiger partial charge in [0.05, 0.1) is 0 Å². The molecular formula is C7H5N2-. The van der Waals surface area contributed by atoms with Crippen molar-refractivity contribution < 1.29 is 0 Å². The molecule has 9 heavy (non-hydrogen) atoms. The molecule has 2 nitrogen and oxygen atoms in total. The van der Waals surface area contributed by atoms with E-state index in [-0.39, 0.29) is 0 Å². The molecule has 0 aliphatic rings. The van der Waals surface area contributed by atoms with Gasteiger partial charge >= 0.3 is 0 Å². The van der Waals surface area contributed by atoms with E-state index in [1.54, 1.807) is 18.6 Å². The Morgan fingerprint density at radius 2 is 2.33 bits per heavy atom. The second-order valence-electron chi connectivity index (χ2n) is 1.39. The van der Waals surface area contributed by atoms with Crippen LogP contribution in [0.1, 0.15) is 5.69 Å². The van der Waals surface area contributed by atoms with Crippen molar-refractivity contribution in [2.45, 2.75) is 0 Å². The zero-order valence-electron chi connectivity index (χ0n) is 4.83. The van der Waals surface area contributed by atoms with Crippen molar-refractivity contribution in [3.8, 4) is 11.8 Å². The van der Waals surface area contributed by atoms with Crippen LogP contribution in [0.5, 0.6) is 0 Å². The van der Waals surface area contributed by atoms with Gasteiger partial charge in [-0.2, -0.15) is 6.92 Å². The van der Waals surface area contributed by atoms with Crippen LogP contribution < -0.4 is 0 Å². The molecule has 0 saturated carbocycles. The lowest BCUT2D eigenvalue weighted by Crippen LogP contribution is -1.80. The number of aromatic nitrogens is 2. The van der Waals surface area contributed by atoms with E-state index < -0.39 is 0 Å². The molecule has 44 valence electrons. The average molecular weight is 117 g/mol. The average Bonchev–Trinajstić information content (AvgIpc) is 1.91. The van der Waals surface area contributed by atoms with Crippen molar-refractivity contribution >= 4 is 0 Å². The van der Waals surface area contributed by atoms with Crippen molar-refractivity contribution in [1.82, 2.24) is 9.97 Å². The molecule has 0 fully saturated rings. The summed E-state index contributed by atoms with van der Waals surface area (Å²) >= 11 is 0. The fourth-order valence-corrected chi connectivity index (χ4v) is 0.454. The van der Waals surface area contributed by atoms with Crippen LogP contribution >= 0.6 is 0 Å². The second-order valence-corrected chi connectivity index (χ2v) is 1.39. The first-order chi connectivity index (χ1) is 4.43. The molecule has 0 saturated heterocycles. The summed E-state index contributed by atoms with van der Waals surface area (Å²) in [6.07, 6.45) is 4.80. The van der Waals surface area contributed by atoms with Crippen molar-refractivity contribution in [1.29, 1.82) is 0 Å². The van der Waals surface area contributed by atoms with Crippen molar-refractivity contribution in [3.63, 3.8) is 0 Å². The number of rotatable bonds is 0. The van der Waals surface area contributed by atoms with Crippen LogP contribution in [0.2, 0.25) is 0 Å². The fraction of sp³-hybridized carbons (Fsp3) is 0. The van der Waals surface area contributed by atoms with E-state index in [9.17, 15) is 0 Å². The van der Waals surface area contributed by atoms with Gasteiger partial charge in [0.1, 0.15) is 0 Å². The van der Waals surface area contributed by atoms with Crippen LogP contribution in [-0.4, -0.2) is 9.97 Å². The van der Waals surface area contributed by atoms with E-state index in [2.05, 4.69) is 28.7 Å². The molecule has 0 N–H and O–H groups in total. The van der Waals surface area contributed by atoms with Gasteiger partial charge in [0.2, 0.25) is 0 Å². The molecule has 1 rings (SSSR count). The van der Waals surface area contributed by atoms with Crippen LogP contribution in [0.4, 0.5) is 0 Å². The summed E-state index contributed by atoms with van der Waals surface area (Å²) in [4.78, 5) is 7.70. The van der Waals surface area contributed by atoms with E-state index in [0.717, 1.165) is 0 Å². The van der Waals surface area contributed by atoms with Crippen LogP contribution in [0.25, 0.3) is 0 Å². The zero-order chi connectivity index (χ0) is 6.53. The second kappa shape index (κ2) is 2.73. The van der Waals surface area contributed by atoms with Crippen molar-refractivity contribution in [2.24, 2.45) is 0 Å². The Hall–Kier alpha value is -1.49. The molecule has 0 radical (unpaired) electrons. The van der Waals surface area contributed by atoms with E-state index in [1.807, 2.05) is 0 Å². The first-order valence-electron chi connectivity index (χ1n) is 2.47. The normalized spacial score (nSPS) is 7.56. The van der Waals surface area contributed by atoms with Gasteiger partial charge in [-0.25, -0.2) is 0 Å². The summed E-state index contributed by atoms with van der Waals surface area (Å²) in [5.74, 6) is 5.15. The molecular weight excluding hydrogens is 112 g/mol. The first kappa shape index (κ1) is 5.64. The third-order valence-corrected chi connectivity index (χ3v) is 0.780.